The summed E-state index contributed by atoms with van der Waals surface area (Å²) in [5.74, 6) is -1.45. The molecule has 0 aromatic heterocycles. The molecule has 0 spiro atoms. The molecule has 0 radical (unpaired) electrons. The van der Waals surface area contributed by atoms with Crippen molar-refractivity contribution in [2.45, 2.75) is 0 Å². The van der Waals surface area contributed by atoms with Crippen molar-refractivity contribution in [1.29, 1.82) is 0 Å². The van der Waals surface area contributed by atoms with Gasteiger partial charge < -0.3 is 9.47 Å². The van der Waals surface area contributed by atoms with E-state index < -0.39 is 11.8 Å². The maximum atomic E-state index is 11.6. The molecule has 0 aromatic rings. The topological polar surface area (TPSA) is 52.6 Å². The van der Waals surface area contributed by atoms with Crippen molar-refractivity contribution in [3.63, 3.8) is 0 Å². The predicted octanol–water partition coefficient (Wildman–Crippen LogP) is 2.11. The molecule has 0 aliphatic heterocycles. The van der Waals surface area contributed by atoms with Gasteiger partial charge in [0.2, 0.25) is 0 Å². The Morgan fingerprint density at radius 1 is 0.900 bits per heavy atom. The van der Waals surface area contributed by atoms with Crippen LogP contribution < -0.4 is 0 Å². The minimum absolute atomic E-state index is 0.310. The molecule has 0 fully saturated rings. The normalized spacial score (nSPS) is 23.9. The van der Waals surface area contributed by atoms with Crippen molar-refractivity contribution < 1.29 is 19.1 Å². The molecule has 2 aliphatic rings. The highest BCUT2D eigenvalue weighted by Crippen LogP contribution is 2.25. The maximum Gasteiger partial charge on any atom is 0.316 e. The lowest BCUT2D eigenvalue weighted by Crippen LogP contribution is -2.11. The fraction of sp³-hybridized carbons (Fsp3) is 0.250. The molecule has 20 heavy (non-hydrogen) atoms. The van der Waals surface area contributed by atoms with Crippen LogP contribution in [0, 0.1) is 11.8 Å². The molecular weight excluding hydrogens is 256 g/mol. The van der Waals surface area contributed by atoms with Gasteiger partial charge in [-0.15, -0.1) is 0 Å². The van der Waals surface area contributed by atoms with Crippen LogP contribution in [0.15, 0.2) is 59.8 Å². The van der Waals surface area contributed by atoms with Gasteiger partial charge in [0.1, 0.15) is 0 Å². The first-order valence-electron chi connectivity index (χ1n) is 6.28. The van der Waals surface area contributed by atoms with Gasteiger partial charge in [0.15, 0.2) is 0 Å². The number of ether oxygens (including phenoxy) is 2. The Hall–Kier alpha value is -2.36. The summed E-state index contributed by atoms with van der Waals surface area (Å²) >= 11 is 0. The Bertz CT molecular complexity index is 561. The first-order valence-corrected chi connectivity index (χ1v) is 6.28. The van der Waals surface area contributed by atoms with Gasteiger partial charge in [0, 0.05) is 0 Å². The zero-order chi connectivity index (χ0) is 14.5. The molecule has 0 N–H and O–H groups in total. The summed E-state index contributed by atoms with van der Waals surface area (Å²) in [7, 11) is 2.73. The molecule has 0 saturated heterocycles. The first-order chi connectivity index (χ1) is 9.65. The lowest BCUT2D eigenvalue weighted by atomic mass is 10.0. The smallest absolute Gasteiger partial charge is 0.316 e. The molecule has 2 atom stereocenters. The summed E-state index contributed by atoms with van der Waals surface area (Å²) in [6.07, 6.45) is 14.5. The number of methoxy groups -OCH3 is 2. The van der Waals surface area contributed by atoms with Crippen LogP contribution in [0.5, 0.6) is 0 Å². The largest absolute Gasteiger partial charge is 0.468 e. The minimum atomic E-state index is -0.420. The van der Waals surface area contributed by atoms with Crippen LogP contribution in [0.1, 0.15) is 0 Å². The molecule has 0 saturated carbocycles. The van der Waals surface area contributed by atoms with Gasteiger partial charge in [-0.05, 0) is 11.1 Å². The number of carbonyl (C=O) groups excluding carboxylic acids is 2. The zero-order valence-electron chi connectivity index (χ0n) is 11.4. The Labute approximate surface area is 117 Å². The van der Waals surface area contributed by atoms with E-state index >= 15 is 0 Å². The van der Waals surface area contributed by atoms with Gasteiger partial charge in [-0.2, -0.15) is 0 Å². The van der Waals surface area contributed by atoms with Crippen molar-refractivity contribution in [1.82, 2.24) is 0 Å². The molecule has 0 aromatic carbocycles. The summed E-state index contributed by atoms with van der Waals surface area (Å²) < 4.78 is 9.49. The molecule has 0 unspecified atom stereocenters. The summed E-state index contributed by atoms with van der Waals surface area (Å²) in [4.78, 5) is 23.2. The van der Waals surface area contributed by atoms with E-state index in [9.17, 15) is 9.59 Å². The van der Waals surface area contributed by atoms with Gasteiger partial charge >= 0.3 is 11.9 Å². The Kier molecular flexibility index (Phi) is 4.35. The zero-order valence-corrected chi connectivity index (χ0v) is 11.4. The first kappa shape index (κ1) is 14.1. The second kappa shape index (κ2) is 6.19. The van der Waals surface area contributed by atoms with E-state index in [4.69, 9.17) is 9.47 Å². The van der Waals surface area contributed by atoms with Gasteiger partial charge in [-0.3, -0.25) is 9.59 Å². The monoisotopic (exact) mass is 272 g/mol. The Morgan fingerprint density at radius 2 is 1.50 bits per heavy atom. The van der Waals surface area contributed by atoms with Crippen molar-refractivity contribution in [2.75, 3.05) is 14.2 Å². The van der Waals surface area contributed by atoms with E-state index in [1.165, 1.54) is 14.2 Å². The molecule has 4 heteroatoms. The SMILES string of the molecule is COC(=O)[C@H]1C=CC2=CC=C[C@H](C(=O)OC)C=C2C=C1. The number of rotatable bonds is 2. The van der Waals surface area contributed by atoms with E-state index in [-0.39, 0.29) is 11.9 Å². The lowest BCUT2D eigenvalue weighted by molar-refractivity contribution is -0.143. The van der Waals surface area contributed by atoms with Crippen LogP contribution in [-0.2, 0) is 19.1 Å². The van der Waals surface area contributed by atoms with Gasteiger partial charge in [0.05, 0.1) is 26.1 Å². The number of allylic oxidation sites excluding steroid dienone is 6. The molecule has 4 nitrogen and oxygen atoms in total. The standard InChI is InChI=1S/C16H16O4/c1-19-15(17)12-7-6-11-4-3-5-14(16(18)20-2)10-13(11)9-8-12/h3-10,12,14H,1-2H3/t12-,14-/m0/s1. The van der Waals surface area contributed by atoms with Crippen molar-refractivity contribution in [2.24, 2.45) is 11.8 Å². The van der Waals surface area contributed by atoms with E-state index in [1.54, 1.807) is 18.2 Å². The third-order valence-corrected chi connectivity index (χ3v) is 3.20. The minimum Gasteiger partial charge on any atom is -0.468 e. The van der Waals surface area contributed by atoms with Crippen molar-refractivity contribution >= 4 is 11.9 Å². The van der Waals surface area contributed by atoms with Gasteiger partial charge in [-0.1, -0.05) is 48.6 Å². The number of hydrogen-bond donors (Lipinski definition) is 0. The maximum absolute atomic E-state index is 11.6. The van der Waals surface area contributed by atoms with Crippen LogP contribution in [0.25, 0.3) is 0 Å². The predicted molar refractivity (Wildman–Crippen MR) is 74.6 cm³/mol. The molecule has 2 rings (SSSR count). The number of carbonyl (C=O) groups is 2. The van der Waals surface area contributed by atoms with Crippen molar-refractivity contribution in [3.05, 3.63) is 59.8 Å². The van der Waals surface area contributed by atoms with Crippen LogP contribution in [0.4, 0.5) is 0 Å². The fourth-order valence-corrected chi connectivity index (χ4v) is 2.08. The highest BCUT2D eigenvalue weighted by molar-refractivity contribution is 5.79. The fourth-order valence-electron chi connectivity index (χ4n) is 2.08. The molecule has 0 heterocycles. The molecule has 104 valence electrons. The summed E-state index contributed by atoms with van der Waals surface area (Å²) in [5.41, 5.74) is 1.82. The third kappa shape index (κ3) is 2.96. The van der Waals surface area contributed by atoms with Crippen LogP contribution in [-0.4, -0.2) is 26.2 Å². The molecule has 0 amide bonds. The summed E-state index contributed by atoms with van der Waals surface area (Å²) in [6, 6.07) is 0. The van der Waals surface area contributed by atoms with Crippen LogP contribution >= 0.6 is 0 Å². The highest BCUT2D eigenvalue weighted by atomic mass is 16.5. The Balaban J connectivity index is 2.33. The average Bonchev–Trinajstić information content (AvgIpc) is 2.78. The number of fused-ring (bicyclic) bond motifs is 1. The quantitative estimate of drug-likeness (QED) is 0.722. The molecule has 0 bridgehead atoms. The average molecular weight is 272 g/mol. The van der Waals surface area contributed by atoms with Crippen LogP contribution in [0.3, 0.4) is 0 Å². The second-order valence-electron chi connectivity index (χ2n) is 4.45. The second-order valence-corrected chi connectivity index (χ2v) is 4.45. The lowest BCUT2D eigenvalue weighted by Gasteiger charge is -2.06. The van der Waals surface area contributed by atoms with Crippen molar-refractivity contribution in [3.8, 4) is 0 Å². The number of hydrogen-bond acceptors (Lipinski definition) is 4. The van der Waals surface area contributed by atoms with Gasteiger partial charge in [0.25, 0.3) is 0 Å². The highest BCUT2D eigenvalue weighted by Gasteiger charge is 2.19. The van der Waals surface area contributed by atoms with E-state index in [0.717, 1.165) is 11.1 Å². The van der Waals surface area contributed by atoms with E-state index in [0.29, 0.717) is 0 Å². The van der Waals surface area contributed by atoms with Gasteiger partial charge in [-0.25, -0.2) is 0 Å². The van der Waals surface area contributed by atoms with E-state index in [1.807, 2.05) is 30.4 Å². The molecule has 2 aliphatic carbocycles. The molecular formula is C16H16O4. The van der Waals surface area contributed by atoms with Crippen LogP contribution in [0.2, 0.25) is 0 Å². The number of esters is 2. The third-order valence-electron chi connectivity index (χ3n) is 3.20. The Morgan fingerprint density at radius 3 is 2.15 bits per heavy atom. The summed E-state index contributed by atoms with van der Waals surface area (Å²) in [6.45, 7) is 0. The summed E-state index contributed by atoms with van der Waals surface area (Å²) in [5, 5.41) is 0. The van der Waals surface area contributed by atoms with E-state index in [2.05, 4.69) is 0 Å².